The van der Waals surface area contributed by atoms with Gasteiger partial charge in [0, 0.05) is 97.8 Å². The molecule has 2 aromatic rings. The van der Waals surface area contributed by atoms with Gasteiger partial charge >= 0.3 is 0 Å². The summed E-state index contributed by atoms with van der Waals surface area (Å²) in [5.41, 5.74) is 5.82. The van der Waals surface area contributed by atoms with Crippen molar-refractivity contribution in [2.75, 3.05) is 28.2 Å². The van der Waals surface area contributed by atoms with E-state index in [0.29, 0.717) is 12.1 Å². The molecule has 0 bridgehead atoms. The normalized spacial score (nSPS) is 22.9. The molecule has 2 nitrogen and oxygen atoms in total. The van der Waals surface area contributed by atoms with Crippen LogP contribution in [-0.2, 0) is 51.2 Å². The Morgan fingerprint density at radius 2 is 0.632 bits per heavy atom. The van der Waals surface area contributed by atoms with Crippen molar-refractivity contribution >= 4 is 26.5 Å². The maximum absolute atomic E-state index is 2.31. The summed E-state index contributed by atoms with van der Waals surface area (Å²) < 4.78 is 0. The molecule has 0 amide bonds. The molecule has 0 spiro atoms. The maximum Gasteiger partial charge on any atom is 0.0173 e. The van der Waals surface area contributed by atoms with Crippen LogP contribution in [0.5, 0.6) is 0 Å². The molecule has 2 unspecified atom stereocenters. The average molecular weight is 912 g/mol. The van der Waals surface area contributed by atoms with Crippen molar-refractivity contribution in [2.45, 2.75) is 25.9 Å². The first-order valence-corrected chi connectivity index (χ1v) is 21.4. The Kier molecular flexibility index (Phi) is 28.3. The van der Waals surface area contributed by atoms with E-state index >= 15 is 0 Å². The van der Waals surface area contributed by atoms with E-state index in [0.717, 1.165) is 0 Å². The van der Waals surface area contributed by atoms with Gasteiger partial charge in [-0.25, -0.2) is 0 Å². The van der Waals surface area contributed by atoms with Crippen LogP contribution in [0.1, 0.15) is 13.8 Å². The fourth-order valence-electron chi connectivity index (χ4n) is 6.20. The van der Waals surface area contributed by atoms with Crippen molar-refractivity contribution in [1.82, 2.24) is 9.80 Å². The molecule has 30 radical (unpaired) electrons. The zero-order valence-corrected chi connectivity index (χ0v) is 38.7. The SMILES string of the molecule is C[C@@H]([C]1[CH][CH][CH][C]1P([C]1[CH][CH][CH][CH]1)c1ccccc1)N(C)C.C[C@@H]([C]1[CH][CH][CH][C]1P([C]1[CH][CH][CH][CH]1)c1ccccc1)N(C)C.[CH]1[CH][CH][CH][CH]1.[CH]1[CH][CH][CH][CH]1.[Fe].[Fe].[Fe]. The number of nitrogens with zero attached hydrogens (tertiary/aromatic N) is 2. The maximum atomic E-state index is 2.31. The summed E-state index contributed by atoms with van der Waals surface area (Å²) in [7, 11) is 7.64. The third kappa shape index (κ3) is 16.8. The van der Waals surface area contributed by atoms with Gasteiger partial charge < -0.3 is 9.80 Å². The molecular weight excluding hydrogens is 858 g/mol. The van der Waals surface area contributed by atoms with Crippen LogP contribution in [-0.4, -0.2) is 50.1 Å². The van der Waals surface area contributed by atoms with Gasteiger partial charge in [0.25, 0.3) is 0 Å². The minimum absolute atomic E-state index is 0. The van der Waals surface area contributed by atoms with Crippen LogP contribution in [0, 0.1) is 189 Å². The smallest absolute Gasteiger partial charge is 0.0173 e. The zero-order valence-electron chi connectivity index (χ0n) is 33.6. The summed E-state index contributed by atoms with van der Waals surface area (Å²) in [5, 5.41) is 2.84. The second kappa shape index (κ2) is 30.0. The van der Waals surface area contributed by atoms with Crippen LogP contribution in [0.15, 0.2) is 60.7 Å². The van der Waals surface area contributed by atoms with E-state index < -0.39 is 15.8 Å². The van der Waals surface area contributed by atoms with Crippen LogP contribution in [0.2, 0.25) is 0 Å². The molecule has 298 valence electrons. The minimum atomic E-state index is -0.477. The fourth-order valence-corrected chi connectivity index (χ4v) is 11.3. The number of hydrogen-bond donors (Lipinski definition) is 0. The Morgan fingerprint density at radius 3 is 0.895 bits per heavy atom. The fraction of sp³-hybridized carbons (Fsp3) is 0.160. The van der Waals surface area contributed by atoms with Gasteiger partial charge in [-0.15, -0.1) is 0 Å². The molecule has 57 heavy (non-hydrogen) atoms. The van der Waals surface area contributed by atoms with Crippen LogP contribution < -0.4 is 10.6 Å². The standard InChI is InChI=1S/2C20H22NP.2C5H5.3Fe/c2*1-16(21(2)3)19-14-9-15-20(19)22(18-12-7-8-13-18)17-10-5-4-6-11-17;2*1-2-4-5-3-1;;;/h2*4-16H,1-3H3;2*1-5H;;;/t2*16-,22?;;;;;/m00...../s1. The van der Waals surface area contributed by atoms with Gasteiger partial charge in [0.05, 0.1) is 0 Å². The molecule has 0 N–H and O–H groups in total. The summed E-state index contributed by atoms with van der Waals surface area (Å²) in [5.74, 6) is 2.89. The van der Waals surface area contributed by atoms with E-state index in [4.69, 9.17) is 0 Å². The molecule has 0 aromatic heterocycles. The molecule has 6 aliphatic rings. The summed E-state index contributed by atoms with van der Waals surface area (Å²) in [6.07, 6.45) is 51.2. The minimum Gasteiger partial charge on any atom is -0.306 e. The predicted octanol–water partition coefficient (Wildman–Crippen LogP) is 9.71. The summed E-state index contributed by atoms with van der Waals surface area (Å²) in [6, 6.07) is 22.7. The third-order valence-electron chi connectivity index (χ3n) is 9.53. The third-order valence-corrected chi connectivity index (χ3v) is 14.6. The van der Waals surface area contributed by atoms with Crippen molar-refractivity contribution in [3.05, 3.63) is 249 Å². The summed E-state index contributed by atoms with van der Waals surface area (Å²) in [6.45, 7) is 4.56. The molecule has 4 atom stereocenters. The van der Waals surface area contributed by atoms with Crippen molar-refractivity contribution in [1.29, 1.82) is 0 Å². The van der Waals surface area contributed by atoms with Crippen LogP contribution >= 0.6 is 15.8 Å². The first-order valence-electron chi connectivity index (χ1n) is 18.7. The molecule has 7 heteroatoms. The Morgan fingerprint density at radius 1 is 0.351 bits per heavy atom. The first kappa shape index (κ1) is 53.9. The number of rotatable bonds is 10. The second-order valence-electron chi connectivity index (χ2n) is 13.6. The number of benzene rings is 2. The van der Waals surface area contributed by atoms with Crippen molar-refractivity contribution in [2.24, 2.45) is 0 Å². The van der Waals surface area contributed by atoms with Gasteiger partial charge in [0.15, 0.2) is 0 Å². The van der Waals surface area contributed by atoms with Gasteiger partial charge in [0.1, 0.15) is 0 Å². The monoisotopic (exact) mass is 912 g/mol. The van der Waals surface area contributed by atoms with Gasteiger partial charge in [-0.3, -0.25) is 0 Å². The van der Waals surface area contributed by atoms with Gasteiger partial charge in [-0.2, -0.15) is 0 Å². The predicted molar refractivity (Wildman–Crippen MR) is 235 cm³/mol. The summed E-state index contributed by atoms with van der Waals surface area (Å²) >= 11 is 0. The molecule has 0 heterocycles. The van der Waals surface area contributed by atoms with Crippen LogP contribution in [0.25, 0.3) is 0 Å². The average Bonchev–Trinajstić information content (AvgIpc) is 4.05. The molecule has 2 aromatic carbocycles. The van der Waals surface area contributed by atoms with Crippen molar-refractivity contribution in [3.8, 4) is 0 Å². The van der Waals surface area contributed by atoms with Crippen molar-refractivity contribution < 1.29 is 51.2 Å². The number of hydrogen-bond acceptors (Lipinski definition) is 2. The Bertz CT molecular complexity index is 1140. The van der Waals surface area contributed by atoms with Gasteiger partial charge in [0.2, 0.25) is 0 Å². The zero-order chi connectivity index (χ0) is 38.1. The Hall–Kier alpha value is 0.778. The van der Waals surface area contributed by atoms with E-state index in [1.54, 1.807) is 0 Å². The topological polar surface area (TPSA) is 6.48 Å². The van der Waals surface area contributed by atoms with E-state index in [2.05, 4.69) is 202 Å². The molecule has 6 aliphatic carbocycles. The van der Waals surface area contributed by atoms with Crippen LogP contribution in [0.3, 0.4) is 0 Å². The Labute approximate surface area is 388 Å². The molecule has 8 rings (SSSR count). The van der Waals surface area contributed by atoms with E-state index in [1.165, 1.54) is 45.1 Å². The van der Waals surface area contributed by atoms with Gasteiger partial charge in [-0.05, 0) is 207 Å². The largest absolute Gasteiger partial charge is 0.306 e. The quantitative estimate of drug-likeness (QED) is 0.173. The summed E-state index contributed by atoms with van der Waals surface area (Å²) in [4.78, 5) is 4.56. The molecular formula is C50H54Fe3N2P2. The second-order valence-corrected chi connectivity index (χ2v) is 17.9. The van der Waals surface area contributed by atoms with E-state index in [1.807, 2.05) is 64.2 Å². The Balaban J connectivity index is 0.000000302. The molecule has 0 aliphatic heterocycles. The van der Waals surface area contributed by atoms with Crippen molar-refractivity contribution in [3.63, 3.8) is 0 Å². The van der Waals surface area contributed by atoms with Crippen LogP contribution in [0.4, 0.5) is 0 Å². The van der Waals surface area contributed by atoms with E-state index in [-0.39, 0.29) is 51.2 Å². The molecule has 6 saturated carbocycles. The van der Waals surface area contributed by atoms with E-state index in [9.17, 15) is 0 Å². The molecule has 0 saturated heterocycles. The molecule has 6 fully saturated rings. The van der Waals surface area contributed by atoms with Gasteiger partial charge in [-0.1, -0.05) is 76.5 Å². The first-order chi connectivity index (χ1) is 26.4.